The number of rotatable bonds is 6. The van der Waals surface area contributed by atoms with Crippen LogP contribution in [0.2, 0.25) is 0 Å². The molecule has 0 spiro atoms. The van der Waals surface area contributed by atoms with Gasteiger partial charge in [-0.25, -0.2) is 8.78 Å². The fourth-order valence-electron chi connectivity index (χ4n) is 4.01. The van der Waals surface area contributed by atoms with Crippen molar-refractivity contribution in [2.45, 2.75) is 45.4 Å². The molecule has 0 amide bonds. The van der Waals surface area contributed by atoms with Crippen LogP contribution in [0.25, 0.3) is 16.6 Å². The van der Waals surface area contributed by atoms with Gasteiger partial charge >= 0.3 is 0 Å². The minimum absolute atomic E-state index is 0.288. The molecule has 0 heterocycles. The second-order valence-corrected chi connectivity index (χ2v) is 7.52. The zero-order valence-corrected chi connectivity index (χ0v) is 16.1. The van der Waals surface area contributed by atoms with Gasteiger partial charge in [0.2, 0.25) is 0 Å². The van der Waals surface area contributed by atoms with Crippen LogP contribution in [0.1, 0.15) is 50.2 Å². The standard InChI is InChI=1S/C25H28F2/c1-3-5-7-19-10-13-22-17-23(15-14-21(22)16-19)25(27)24(26)20-11-8-18(6-4-2)9-12-20/h3-4,6,10,13-18,20H,1,5,7-9,11-12H2,2H3/b6-4+,25-24?. The van der Waals surface area contributed by atoms with E-state index in [1.165, 1.54) is 5.56 Å². The van der Waals surface area contributed by atoms with Gasteiger partial charge in [0.05, 0.1) is 0 Å². The zero-order valence-electron chi connectivity index (χ0n) is 16.1. The molecule has 0 aliphatic heterocycles. The summed E-state index contributed by atoms with van der Waals surface area (Å²) in [5.41, 5.74) is 1.57. The molecule has 0 radical (unpaired) electrons. The Balaban J connectivity index is 1.79. The molecule has 0 nitrogen and oxygen atoms in total. The quantitative estimate of drug-likeness (QED) is 0.455. The van der Waals surface area contributed by atoms with Gasteiger partial charge in [0.1, 0.15) is 5.83 Å². The molecule has 1 fully saturated rings. The highest BCUT2D eigenvalue weighted by atomic mass is 19.2. The molecule has 27 heavy (non-hydrogen) atoms. The van der Waals surface area contributed by atoms with E-state index in [-0.39, 0.29) is 5.92 Å². The Morgan fingerprint density at radius 2 is 1.74 bits per heavy atom. The molecule has 1 aliphatic carbocycles. The predicted molar refractivity (Wildman–Crippen MR) is 112 cm³/mol. The summed E-state index contributed by atoms with van der Waals surface area (Å²) in [5, 5.41) is 2.00. The van der Waals surface area contributed by atoms with Gasteiger partial charge in [0, 0.05) is 11.5 Å². The first-order chi connectivity index (χ1) is 13.1. The van der Waals surface area contributed by atoms with Gasteiger partial charge in [-0.05, 0) is 73.8 Å². The van der Waals surface area contributed by atoms with Crippen molar-refractivity contribution in [3.8, 4) is 0 Å². The second kappa shape index (κ2) is 9.12. The van der Waals surface area contributed by atoms with Gasteiger partial charge in [-0.3, -0.25) is 0 Å². The second-order valence-electron chi connectivity index (χ2n) is 7.52. The summed E-state index contributed by atoms with van der Waals surface area (Å²) in [6.45, 7) is 5.76. The number of fused-ring (bicyclic) bond motifs is 1. The first-order valence-electron chi connectivity index (χ1n) is 9.94. The number of aryl methyl sites for hydroxylation is 1. The molecule has 2 heteroatoms. The lowest BCUT2D eigenvalue weighted by molar-refractivity contribution is 0.304. The van der Waals surface area contributed by atoms with Crippen molar-refractivity contribution in [1.29, 1.82) is 0 Å². The van der Waals surface area contributed by atoms with E-state index in [1.54, 1.807) is 12.1 Å². The minimum atomic E-state index is -0.692. The predicted octanol–water partition coefficient (Wildman–Crippen LogP) is 7.95. The number of halogens is 2. The van der Waals surface area contributed by atoms with E-state index >= 15 is 0 Å². The van der Waals surface area contributed by atoms with Crippen LogP contribution in [0.3, 0.4) is 0 Å². The molecule has 0 N–H and O–H groups in total. The topological polar surface area (TPSA) is 0 Å². The van der Waals surface area contributed by atoms with Crippen LogP contribution in [-0.2, 0) is 6.42 Å². The van der Waals surface area contributed by atoms with Crippen molar-refractivity contribution in [2.75, 3.05) is 0 Å². The molecule has 0 saturated heterocycles. The lowest BCUT2D eigenvalue weighted by Crippen LogP contribution is -2.14. The number of hydrogen-bond donors (Lipinski definition) is 0. The smallest absolute Gasteiger partial charge is 0.162 e. The van der Waals surface area contributed by atoms with Crippen molar-refractivity contribution in [3.63, 3.8) is 0 Å². The van der Waals surface area contributed by atoms with Crippen molar-refractivity contribution in [3.05, 3.63) is 78.2 Å². The summed E-state index contributed by atoms with van der Waals surface area (Å²) in [7, 11) is 0. The van der Waals surface area contributed by atoms with Crippen molar-refractivity contribution in [2.24, 2.45) is 11.8 Å². The lowest BCUT2D eigenvalue weighted by atomic mass is 9.81. The molecule has 2 aromatic rings. The fraction of sp³-hybridized carbons (Fsp3) is 0.360. The minimum Gasteiger partial charge on any atom is -0.208 e. The zero-order chi connectivity index (χ0) is 19.2. The van der Waals surface area contributed by atoms with E-state index in [9.17, 15) is 8.78 Å². The van der Waals surface area contributed by atoms with E-state index in [0.717, 1.165) is 36.5 Å². The molecular formula is C25H28F2. The molecular weight excluding hydrogens is 338 g/mol. The van der Waals surface area contributed by atoms with E-state index in [0.29, 0.717) is 24.3 Å². The molecule has 0 unspecified atom stereocenters. The first-order valence-corrected chi connectivity index (χ1v) is 9.94. The summed E-state index contributed by atoms with van der Waals surface area (Å²) in [5.74, 6) is -1.04. The summed E-state index contributed by atoms with van der Waals surface area (Å²) >= 11 is 0. The largest absolute Gasteiger partial charge is 0.208 e. The van der Waals surface area contributed by atoms with Crippen molar-refractivity contribution in [1.82, 2.24) is 0 Å². The molecule has 0 atom stereocenters. The lowest BCUT2D eigenvalue weighted by Gasteiger charge is -2.25. The van der Waals surface area contributed by atoms with Crippen LogP contribution in [-0.4, -0.2) is 0 Å². The molecule has 2 aromatic carbocycles. The summed E-state index contributed by atoms with van der Waals surface area (Å²) in [6, 6.07) is 11.5. The first kappa shape index (κ1) is 19.5. The Hall–Kier alpha value is -2.22. The van der Waals surface area contributed by atoms with E-state index in [1.807, 2.05) is 25.1 Å². The monoisotopic (exact) mass is 366 g/mol. The Kier molecular flexibility index (Phi) is 6.60. The molecule has 0 aromatic heterocycles. The van der Waals surface area contributed by atoms with Crippen LogP contribution in [0, 0.1) is 11.8 Å². The van der Waals surface area contributed by atoms with Crippen molar-refractivity contribution < 1.29 is 8.78 Å². The number of hydrogen-bond acceptors (Lipinski definition) is 0. The van der Waals surface area contributed by atoms with Gasteiger partial charge in [-0.15, -0.1) is 6.58 Å². The van der Waals surface area contributed by atoms with Crippen LogP contribution in [0.15, 0.2) is 67.0 Å². The molecule has 0 bridgehead atoms. The third kappa shape index (κ3) is 4.74. The summed E-state index contributed by atoms with van der Waals surface area (Å²) in [4.78, 5) is 0. The van der Waals surface area contributed by atoms with Crippen LogP contribution >= 0.6 is 0 Å². The summed E-state index contributed by atoms with van der Waals surface area (Å²) in [6.07, 6.45) is 11.3. The number of allylic oxidation sites excluding steroid dienone is 4. The highest BCUT2D eigenvalue weighted by Crippen LogP contribution is 2.38. The maximum Gasteiger partial charge on any atom is 0.162 e. The average molecular weight is 366 g/mol. The highest BCUT2D eigenvalue weighted by molar-refractivity contribution is 5.86. The van der Waals surface area contributed by atoms with Gasteiger partial charge in [-0.1, -0.05) is 48.6 Å². The fourth-order valence-corrected chi connectivity index (χ4v) is 4.01. The Labute approximate surface area is 161 Å². The molecule has 142 valence electrons. The third-order valence-corrected chi connectivity index (χ3v) is 5.60. The SMILES string of the molecule is C=CCCc1ccc2cc(C(F)=C(F)C3CCC(/C=C/C)CC3)ccc2c1. The van der Waals surface area contributed by atoms with Crippen LogP contribution < -0.4 is 0 Å². The van der Waals surface area contributed by atoms with Crippen LogP contribution in [0.5, 0.6) is 0 Å². The van der Waals surface area contributed by atoms with Crippen LogP contribution in [0.4, 0.5) is 8.78 Å². The average Bonchev–Trinajstić information content (AvgIpc) is 2.71. The maximum absolute atomic E-state index is 14.8. The summed E-state index contributed by atoms with van der Waals surface area (Å²) < 4.78 is 29.6. The van der Waals surface area contributed by atoms with E-state index < -0.39 is 11.7 Å². The Morgan fingerprint density at radius 3 is 2.44 bits per heavy atom. The Morgan fingerprint density at radius 1 is 1.04 bits per heavy atom. The number of benzene rings is 2. The Bertz CT molecular complexity index is 852. The van der Waals surface area contributed by atoms with Gasteiger partial charge < -0.3 is 0 Å². The van der Waals surface area contributed by atoms with E-state index in [4.69, 9.17) is 0 Å². The van der Waals surface area contributed by atoms with E-state index in [2.05, 4.69) is 30.9 Å². The van der Waals surface area contributed by atoms with Gasteiger partial charge in [0.15, 0.2) is 5.83 Å². The molecule has 1 aliphatic rings. The maximum atomic E-state index is 14.8. The molecule has 1 saturated carbocycles. The molecule has 3 rings (SSSR count). The van der Waals surface area contributed by atoms with Gasteiger partial charge in [-0.2, -0.15) is 0 Å². The van der Waals surface area contributed by atoms with Crippen molar-refractivity contribution >= 4 is 16.6 Å². The van der Waals surface area contributed by atoms with Gasteiger partial charge in [0.25, 0.3) is 0 Å². The normalized spacial score (nSPS) is 21.4. The highest BCUT2D eigenvalue weighted by Gasteiger charge is 2.26. The third-order valence-electron chi connectivity index (χ3n) is 5.60.